The lowest BCUT2D eigenvalue weighted by Crippen LogP contribution is -2.08. The van der Waals surface area contributed by atoms with Crippen LogP contribution >= 0.6 is 0 Å². The monoisotopic (exact) mass is 268 g/mol. The molecular formula is C16H28O3. The van der Waals surface area contributed by atoms with E-state index in [1.54, 1.807) is 6.92 Å². The lowest BCUT2D eigenvalue weighted by molar-refractivity contribution is -0.121. The van der Waals surface area contributed by atoms with Crippen molar-refractivity contribution in [1.29, 1.82) is 0 Å². The minimum atomic E-state index is 0.181. The largest absolute Gasteiger partial charge is 0.300 e. The van der Waals surface area contributed by atoms with Crippen LogP contribution in [-0.2, 0) is 14.4 Å². The van der Waals surface area contributed by atoms with Gasteiger partial charge in [-0.15, -0.1) is 0 Å². The number of rotatable bonds is 12. The van der Waals surface area contributed by atoms with Crippen LogP contribution in [-0.4, -0.2) is 17.3 Å². The second-order valence-electron chi connectivity index (χ2n) is 5.58. The third kappa shape index (κ3) is 11.8. The summed E-state index contributed by atoms with van der Waals surface area (Å²) in [5, 5.41) is 0. The first-order valence-electron chi connectivity index (χ1n) is 7.48. The van der Waals surface area contributed by atoms with Crippen LogP contribution in [0.5, 0.6) is 0 Å². The van der Waals surface area contributed by atoms with Gasteiger partial charge in [-0.25, -0.2) is 0 Å². The lowest BCUT2D eigenvalue weighted by atomic mass is 9.95. The topological polar surface area (TPSA) is 51.2 Å². The highest BCUT2D eigenvalue weighted by Crippen LogP contribution is 2.13. The molecule has 0 saturated carbocycles. The predicted octanol–water partition coefficient (Wildman–Crippen LogP) is 3.88. The third-order valence-corrected chi connectivity index (χ3v) is 3.29. The molecule has 0 bridgehead atoms. The highest BCUT2D eigenvalue weighted by molar-refractivity contribution is 5.81. The number of carbonyl (C=O) groups excluding carboxylic acids is 3. The van der Waals surface area contributed by atoms with Gasteiger partial charge in [0, 0.05) is 32.1 Å². The second-order valence-corrected chi connectivity index (χ2v) is 5.58. The first-order valence-corrected chi connectivity index (χ1v) is 7.48. The molecule has 0 amide bonds. The summed E-state index contributed by atoms with van der Waals surface area (Å²) in [5.41, 5.74) is 0. The second kappa shape index (κ2) is 10.9. The Morgan fingerprint density at radius 3 is 2.05 bits per heavy atom. The molecule has 0 fully saturated rings. The molecule has 3 heteroatoms. The van der Waals surface area contributed by atoms with Crippen LogP contribution in [0.15, 0.2) is 0 Å². The number of Topliss-reactive ketones (excluding diaryl/α,β-unsaturated/α-hetero) is 3. The summed E-state index contributed by atoms with van der Waals surface area (Å²) < 4.78 is 0. The van der Waals surface area contributed by atoms with E-state index in [0.29, 0.717) is 38.5 Å². The van der Waals surface area contributed by atoms with Crippen molar-refractivity contribution >= 4 is 17.3 Å². The van der Waals surface area contributed by atoms with Gasteiger partial charge in [0.05, 0.1) is 0 Å². The summed E-state index contributed by atoms with van der Waals surface area (Å²) in [6, 6.07) is 0. The Morgan fingerprint density at radius 1 is 0.895 bits per heavy atom. The fraction of sp³-hybridized carbons (Fsp3) is 0.812. The molecule has 1 atom stereocenters. The molecule has 1 unspecified atom stereocenters. The molecule has 0 aliphatic heterocycles. The molecule has 0 heterocycles. The standard InChI is InChI=1S/C16H28O3/c1-4-5-7-15(18)8-6-9-16(19)12-13(2)10-11-14(3)17/h13H,4-12H2,1-3H3. The fourth-order valence-corrected chi connectivity index (χ4v) is 2.02. The van der Waals surface area contributed by atoms with E-state index in [9.17, 15) is 14.4 Å². The summed E-state index contributed by atoms with van der Waals surface area (Å²) >= 11 is 0. The van der Waals surface area contributed by atoms with Gasteiger partial charge in [0.1, 0.15) is 17.3 Å². The van der Waals surface area contributed by atoms with E-state index in [2.05, 4.69) is 6.92 Å². The number of carbonyl (C=O) groups is 3. The van der Waals surface area contributed by atoms with Crippen LogP contribution in [0.1, 0.15) is 78.6 Å². The van der Waals surface area contributed by atoms with E-state index in [0.717, 1.165) is 19.3 Å². The molecule has 0 spiro atoms. The maximum Gasteiger partial charge on any atom is 0.133 e. The normalized spacial score (nSPS) is 12.2. The average Bonchev–Trinajstić information content (AvgIpc) is 2.33. The van der Waals surface area contributed by atoms with Gasteiger partial charge in [-0.1, -0.05) is 20.3 Å². The molecule has 19 heavy (non-hydrogen) atoms. The van der Waals surface area contributed by atoms with Crippen LogP contribution < -0.4 is 0 Å². The molecule has 0 saturated heterocycles. The van der Waals surface area contributed by atoms with Crippen LogP contribution in [0.4, 0.5) is 0 Å². The van der Waals surface area contributed by atoms with E-state index in [-0.39, 0.29) is 23.3 Å². The van der Waals surface area contributed by atoms with E-state index < -0.39 is 0 Å². The van der Waals surface area contributed by atoms with Crippen molar-refractivity contribution < 1.29 is 14.4 Å². The van der Waals surface area contributed by atoms with Crippen molar-refractivity contribution in [3.63, 3.8) is 0 Å². The Balaban J connectivity index is 3.63. The van der Waals surface area contributed by atoms with Gasteiger partial charge in [-0.05, 0) is 32.1 Å². The van der Waals surface area contributed by atoms with Gasteiger partial charge in [-0.3, -0.25) is 9.59 Å². The van der Waals surface area contributed by atoms with Crippen LogP contribution in [0.2, 0.25) is 0 Å². The van der Waals surface area contributed by atoms with Gasteiger partial charge >= 0.3 is 0 Å². The molecule has 0 N–H and O–H groups in total. The van der Waals surface area contributed by atoms with Crippen molar-refractivity contribution in [2.45, 2.75) is 78.6 Å². The van der Waals surface area contributed by atoms with Crippen LogP contribution in [0.25, 0.3) is 0 Å². The van der Waals surface area contributed by atoms with Crippen molar-refractivity contribution in [2.24, 2.45) is 5.92 Å². The molecule has 0 aliphatic carbocycles. The minimum absolute atomic E-state index is 0.181. The molecular weight excluding hydrogens is 240 g/mol. The Kier molecular flexibility index (Phi) is 10.3. The zero-order valence-corrected chi connectivity index (χ0v) is 12.7. The molecule has 110 valence electrons. The number of unbranched alkanes of at least 4 members (excludes halogenated alkanes) is 1. The van der Waals surface area contributed by atoms with Crippen molar-refractivity contribution in [3.8, 4) is 0 Å². The molecule has 0 rings (SSSR count). The fourth-order valence-electron chi connectivity index (χ4n) is 2.02. The highest BCUT2D eigenvalue weighted by atomic mass is 16.1. The summed E-state index contributed by atoms with van der Waals surface area (Å²) in [6.45, 7) is 5.66. The van der Waals surface area contributed by atoms with Gasteiger partial charge in [-0.2, -0.15) is 0 Å². The molecule has 0 aromatic rings. The van der Waals surface area contributed by atoms with Gasteiger partial charge in [0.25, 0.3) is 0 Å². The maximum absolute atomic E-state index is 11.7. The predicted molar refractivity (Wildman–Crippen MR) is 77.1 cm³/mol. The molecule has 0 aromatic heterocycles. The lowest BCUT2D eigenvalue weighted by Gasteiger charge is -2.09. The van der Waals surface area contributed by atoms with E-state index in [1.165, 1.54) is 0 Å². The Bertz CT molecular complexity index is 294. The summed E-state index contributed by atoms with van der Waals surface area (Å²) in [7, 11) is 0. The highest BCUT2D eigenvalue weighted by Gasteiger charge is 2.11. The molecule has 3 nitrogen and oxygen atoms in total. The van der Waals surface area contributed by atoms with Crippen molar-refractivity contribution in [3.05, 3.63) is 0 Å². The Hall–Kier alpha value is -0.990. The maximum atomic E-state index is 11.7. The molecule has 0 radical (unpaired) electrons. The minimum Gasteiger partial charge on any atom is -0.300 e. The van der Waals surface area contributed by atoms with Gasteiger partial charge in [0.15, 0.2) is 0 Å². The smallest absolute Gasteiger partial charge is 0.133 e. The summed E-state index contributed by atoms with van der Waals surface area (Å²) in [6.07, 6.45) is 6.25. The average molecular weight is 268 g/mol. The van der Waals surface area contributed by atoms with Crippen molar-refractivity contribution in [1.82, 2.24) is 0 Å². The van der Waals surface area contributed by atoms with Crippen LogP contribution in [0, 0.1) is 5.92 Å². The Labute approximate surface area is 117 Å². The first-order chi connectivity index (χ1) is 8.95. The summed E-state index contributed by atoms with van der Waals surface area (Å²) in [5.74, 6) is 0.951. The first kappa shape index (κ1) is 18.0. The van der Waals surface area contributed by atoms with E-state index >= 15 is 0 Å². The number of hydrogen-bond donors (Lipinski definition) is 0. The quantitative estimate of drug-likeness (QED) is 0.539. The van der Waals surface area contributed by atoms with E-state index in [4.69, 9.17) is 0 Å². The third-order valence-electron chi connectivity index (χ3n) is 3.29. The molecule has 0 aliphatic rings. The number of hydrogen-bond acceptors (Lipinski definition) is 3. The number of ketones is 3. The SMILES string of the molecule is CCCCC(=O)CCCC(=O)CC(C)CCC(C)=O. The zero-order valence-electron chi connectivity index (χ0n) is 12.7. The Morgan fingerprint density at radius 2 is 1.47 bits per heavy atom. The summed E-state index contributed by atoms with van der Waals surface area (Å²) in [4.78, 5) is 34.0. The van der Waals surface area contributed by atoms with Gasteiger partial charge in [0.2, 0.25) is 0 Å². The molecule has 0 aromatic carbocycles. The zero-order chi connectivity index (χ0) is 14.7. The van der Waals surface area contributed by atoms with Crippen LogP contribution in [0.3, 0.4) is 0 Å². The van der Waals surface area contributed by atoms with Gasteiger partial charge < -0.3 is 4.79 Å². The van der Waals surface area contributed by atoms with E-state index in [1.807, 2.05) is 6.92 Å². The van der Waals surface area contributed by atoms with Crippen molar-refractivity contribution in [2.75, 3.05) is 0 Å².